The quantitative estimate of drug-likeness (QED) is 0.756. The van der Waals surface area contributed by atoms with Crippen LogP contribution in [0.5, 0.6) is 0 Å². The Bertz CT molecular complexity index is 311. The Kier molecular flexibility index (Phi) is 5.46. The second kappa shape index (κ2) is 6.63. The van der Waals surface area contributed by atoms with E-state index in [9.17, 15) is 4.79 Å². The molecular weight excluding hydrogens is 220 g/mol. The molecule has 0 aromatic carbocycles. The van der Waals surface area contributed by atoms with Crippen molar-refractivity contribution in [3.05, 3.63) is 16.6 Å². The summed E-state index contributed by atoms with van der Waals surface area (Å²) < 4.78 is 0. The Labute approximate surface area is 101 Å². The van der Waals surface area contributed by atoms with Gasteiger partial charge in [-0.25, -0.2) is 0 Å². The maximum atomic E-state index is 11.2. The molecule has 3 nitrogen and oxygen atoms in total. The highest BCUT2D eigenvalue weighted by Crippen LogP contribution is 2.28. The van der Waals surface area contributed by atoms with E-state index < -0.39 is 0 Å². The average molecular weight is 240 g/mol. The number of carbonyl (C=O) groups excluding carboxylic acids is 1. The fourth-order valence-electron chi connectivity index (χ4n) is 1.92. The van der Waals surface area contributed by atoms with Gasteiger partial charge in [0.2, 0.25) is 5.91 Å². The zero-order valence-electron chi connectivity index (χ0n) is 10.3. The van der Waals surface area contributed by atoms with Gasteiger partial charge in [-0.3, -0.25) is 9.78 Å². The third kappa shape index (κ3) is 3.30. The van der Waals surface area contributed by atoms with Gasteiger partial charge in [-0.15, -0.1) is 11.3 Å². The van der Waals surface area contributed by atoms with Gasteiger partial charge in [0.25, 0.3) is 0 Å². The zero-order chi connectivity index (χ0) is 12.0. The van der Waals surface area contributed by atoms with E-state index in [-0.39, 0.29) is 5.91 Å². The first-order chi connectivity index (χ1) is 7.77. The summed E-state index contributed by atoms with van der Waals surface area (Å²) in [6.45, 7) is 7.44. The second-order valence-corrected chi connectivity index (χ2v) is 4.63. The number of amides is 1. The summed E-state index contributed by atoms with van der Waals surface area (Å²) in [7, 11) is 0. The smallest absolute Gasteiger partial charge is 0.219 e. The van der Waals surface area contributed by atoms with Crippen LogP contribution in [-0.4, -0.2) is 28.9 Å². The number of hydrogen-bond acceptors (Lipinski definition) is 3. The molecule has 1 fully saturated rings. The SMILES string of the molecule is CC.CC(=O)N1CCC[C@@H](c2cncs2)C1. The zero-order valence-corrected chi connectivity index (χ0v) is 11.1. The van der Waals surface area contributed by atoms with Crippen LogP contribution in [0, 0.1) is 0 Å². The molecule has 1 aliphatic rings. The molecule has 0 saturated carbocycles. The maximum Gasteiger partial charge on any atom is 0.219 e. The number of nitrogens with zero attached hydrogens (tertiary/aromatic N) is 2. The molecule has 90 valence electrons. The van der Waals surface area contributed by atoms with Crippen molar-refractivity contribution in [3.8, 4) is 0 Å². The lowest BCUT2D eigenvalue weighted by atomic mass is 9.97. The van der Waals surface area contributed by atoms with Crippen molar-refractivity contribution in [3.63, 3.8) is 0 Å². The molecule has 0 radical (unpaired) electrons. The Morgan fingerprint density at radius 2 is 2.31 bits per heavy atom. The highest BCUT2D eigenvalue weighted by molar-refractivity contribution is 7.09. The normalized spacial score (nSPS) is 19.9. The van der Waals surface area contributed by atoms with E-state index >= 15 is 0 Å². The number of likely N-dealkylation sites (tertiary alicyclic amines) is 1. The van der Waals surface area contributed by atoms with Gasteiger partial charge in [0.15, 0.2) is 0 Å². The van der Waals surface area contributed by atoms with Crippen molar-refractivity contribution in [2.45, 2.75) is 39.5 Å². The van der Waals surface area contributed by atoms with Crippen LogP contribution in [0.15, 0.2) is 11.7 Å². The molecule has 2 rings (SSSR count). The minimum Gasteiger partial charge on any atom is -0.342 e. The predicted molar refractivity (Wildman–Crippen MR) is 67.7 cm³/mol. The van der Waals surface area contributed by atoms with E-state index in [2.05, 4.69) is 4.98 Å². The minimum absolute atomic E-state index is 0.194. The topological polar surface area (TPSA) is 33.2 Å². The molecule has 1 atom stereocenters. The second-order valence-electron chi connectivity index (χ2n) is 3.71. The molecule has 1 aromatic rings. The summed E-state index contributed by atoms with van der Waals surface area (Å²) in [6.07, 6.45) is 4.23. The molecule has 0 unspecified atom stereocenters. The van der Waals surface area contributed by atoms with Crippen LogP contribution in [0.25, 0.3) is 0 Å². The molecule has 1 amide bonds. The molecule has 0 bridgehead atoms. The summed E-state index contributed by atoms with van der Waals surface area (Å²) in [5.41, 5.74) is 1.86. The van der Waals surface area contributed by atoms with Crippen molar-refractivity contribution in [1.82, 2.24) is 9.88 Å². The van der Waals surface area contributed by atoms with Gasteiger partial charge in [-0.05, 0) is 12.8 Å². The molecule has 0 spiro atoms. The van der Waals surface area contributed by atoms with Crippen LogP contribution in [0.2, 0.25) is 0 Å². The summed E-state index contributed by atoms with van der Waals surface area (Å²) >= 11 is 1.69. The molecule has 2 heterocycles. The first-order valence-electron chi connectivity index (χ1n) is 5.91. The van der Waals surface area contributed by atoms with E-state index in [0.29, 0.717) is 5.92 Å². The summed E-state index contributed by atoms with van der Waals surface area (Å²) in [6, 6.07) is 0. The first kappa shape index (κ1) is 13.2. The van der Waals surface area contributed by atoms with Gasteiger partial charge in [0.05, 0.1) is 5.51 Å². The third-order valence-electron chi connectivity index (χ3n) is 2.72. The fraction of sp³-hybridized carbons (Fsp3) is 0.667. The van der Waals surface area contributed by atoms with Crippen LogP contribution in [0.4, 0.5) is 0 Å². The molecule has 0 N–H and O–H groups in total. The summed E-state index contributed by atoms with van der Waals surface area (Å²) in [5.74, 6) is 0.708. The number of aromatic nitrogens is 1. The number of carbonyl (C=O) groups is 1. The number of hydrogen-bond donors (Lipinski definition) is 0. The van der Waals surface area contributed by atoms with Crippen molar-refractivity contribution < 1.29 is 4.79 Å². The predicted octanol–water partition coefficient (Wildman–Crippen LogP) is 2.90. The Morgan fingerprint density at radius 1 is 1.56 bits per heavy atom. The molecular formula is C12H20N2OS. The van der Waals surface area contributed by atoms with E-state index in [1.165, 1.54) is 11.3 Å². The molecule has 1 aromatic heterocycles. The van der Waals surface area contributed by atoms with Gasteiger partial charge in [0.1, 0.15) is 0 Å². The molecule has 4 heteroatoms. The van der Waals surface area contributed by atoms with Gasteiger partial charge in [-0.1, -0.05) is 13.8 Å². The van der Waals surface area contributed by atoms with Crippen molar-refractivity contribution >= 4 is 17.2 Å². The van der Waals surface area contributed by atoms with Crippen LogP contribution < -0.4 is 0 Å². The molecule has 1 saturated heterocycles. The summed E-state index contributed by atoms with van der Waals surface area (Å²) in [4.78, 5) is 18.6. The van der Waals surface area contributed by atoms with Crippen LogP contribution in [0.1, 0.15) is 44.4 Å². The van der Waals surface area contributed by atoms with Crippen molar-refractivity contribution in [2.24, 2.45) is 0 Å². The summed E-state index contributed by atoms with van der Waals surface area (Å²) in [5, 5.41) is 0. The van der Waals surface area contributed by atoms with Gasteiger partial charge in [-0.2, -0.15) is 0 Å². The maximum absolute atomic E-state index is 11.2. The fourth-order valence-corrected chi connectivity index (χ4v) is 2.67. The lowest BCUT2D eigenvalue weighted by Crippen LogP contribution is -2.37. The minimum atomic E-state index is 0.194. The Morgan fingerprint density at radius 3 is 2.88 bits per heavy atom. The lowest BCUT2D eigenvalue weighted by Gasteiger charge is -2.31. The largest absolute Gasteiger partial charge is 0.342 e. The van der Waals surface area contributed by atoms with Crippen LogP contribution >= 0.6 is 11.3 Å². The standard InChI is InChI=1S/C10H14N2OS.C2H6/c1-8(13)12-4-2-3-9(6-12)10-5-11-7-14-10;1-2/h5,7,9H,2-4,6H2,1H3;1-2H3/t9-;/m1./s1. The lowest BCUT2D eigenvalue weighted by molar-refractivity contribution is -0.130. The van der Waals surface area contributed by atoms with Gasteiger partial charge >= 0.3 is 0 Å². The highest BCUT2D eigenvalue weighted by Gasteiger charge is 2.23. The van der Waals surface area contributed by atoms with Crippen LogP contribution in [0.3, 0.4) is 0 Å². The van der Waals surface area contributed by atoms with E-state index in [1.54, 1.807) is 18.3 Å². The van der Waals surface area contributed by atoms with Crippen molar-refractivity contribution in [1.29, 1.82) is 0 Å². The van der Waals surface area contributed by atoms with Crippen molar-refractivity contribution in [2.75, 3.05) is 13.1 Å². The van der Waals surface area contributed by atoms with E-state index in [1.807, 2.05) is 30.5 Å². The third-order valence-corrected chi connectivity index (χ3v) is 3.66. The highest BCUT2D eigenvalue weighted by atomic mass is 32.1. The van der Waals surface area contributed by atoms with Crippen LogP contribution in [-0.2, 0) is 4.79 Å². The Balaban J connectivity index is 0.000000606. The molecule has 16 heavy (non-hydrogen) atoms. The van der Waals surface area contributed by atoms with Gasteiger partial charge in [0, 0.05) is 37.0 Å². The number of rotatable bonds is 1. The van der Waals surface area contributed by atoms with Gasteiger partial charge < -0.3 is 4.90 Å². The van der Waals surface area contributed by atoms with E-state index in [0.717, 1.165) is 19.5 Å². The van der Waals surface area contributed by atoms with E-state index in [4.69, 9.17) is 0 Å². The molecule has 0 aliphatic carbocycles. The average Bonchev–Trinajstić information content (AvgIpc) is 2.85. The monoisotopic (exact) mass is 240 g/mol. The first-order valence-corrected chi connectivity index (χ1v) is 6.79. The number of thiazole rings is 1. The molecule has 1 aliphatic heterocycles. The number of piperidine rings is 1. The Hall–Kier alpha value is -0.900.